The van der Waals surface area contributed by atoms with Gasteiger partial charge in [-0.3, -0.25) is 4.79 Å². The fourth-order valence-corrected chi connectivity index (χ4v) is 1.62. The number of aromatic nitrogens is 2. The Bertz CT molecular complexity index is 341. The molecular formula is C9H14N4O3. The largest absolute Gasteiger partial charge is 0.364 e. The zero-order chi connectivity index (χ0) is 11.4. The molecule has 1 aromatic rings. The minimum Gasteiger partial charge on any atom is -0.364 e. The van der Waals surface area contributed by atoms with Gasteiger partial charge in [0.05, 0.1) is 12.6 Å². The van der Waals surface area contributed by atoms with Crippen LogP contribution < -0.4 is 11.1 Å². The van der Waals surface area contributed by atoms with Crippen molar-refractivity contribution in [2.75, 3.05) is 6.54 Å². The highest BCUT2D eigenvalue weighted by molar-refractivity contribution is 5.80. The second-order valence-corrected chi connectivity index (χ2v) is 3.63. The lowest BCUT2D eigenvalue weighted by Crippen LogP contribution is -2.35. The molecule has 1 aliphatic rings. The van der Waals surface area contributed by atoms with Crippen molar-refractivity contribution in [2.24, 2.45) is 5.73 Å². The zero-order valence-corrected chi connectivity index (χ0v) is 8.76. The molecule has 1 saturated heterocycles. The molecule has 3 N–H and O–H groups in total. The average molecular weight is 226 g/mol. The fourth-order valence-electron chi connectivity index (χ4n) is 1.62. The lowest BCUT2D eigenvalue weighted by atomic mass is 10.2. The molecule has 1 fully saturated rings. The van der Waals surface area contributed by atoms with E-state index in [-0.39, 0.29) is 18.6 Å². The van der Waals surface area contributed by atoms with E-state index in [1.807, 2.05) is 0 Å². The second-order valence-electron chi connectivity index (χ2n) is 3.63. The van der Waals surface area contributed by atoms with Crippen LogP contribution in [0.25, 0.3) is 0 Å². The van der Waals surface area contributed by atoms with E-state index in [1.165, 1.54) is 6.39 Å². The maximum absolute atomic E-state index is 11.6. The van der Waals surface area contributed by atoms with Gasteiger partial charge >= 0.3 is 0 Å². The van der Waals surface area contributed by atoms with E-state index >= 15 is 0 Å². The van der Waals surface area contributed by atoms with Crippen molar-refractivity contribution >= 4 is 5.91 Å². The van der Waals surface area contributed by atoms with Gasteiger partial charge in [-0.15, -0.1) is 0 Å². The van der Waals surface area contributed by atoms with Crippen LogP contribution in [0.1, 0.15) is 18.7 Å². The SMILES string of the molecule is NCC1CCC(C(=O)NCc2ncon2)O1. The van der Waals surface area contributed by atoms with Crippen LogP contribution in [0.3, 0.4) is 0 Å². The van der Waals surface area contributed by atoms with Gasteiger partial charge in [-0.05, 0) is 12.8 Å². The molecule has 2 unspecified atom stereocenters. The third kappa shape index (κ3) is 2.56. The van der Waals surface area contributed by atoms with Gasteiger partial charge in [0.25, 0.3) is 0 Å². The third-order valence-corrected chi connectivity index (χ3v) is 2.49. The normalized spacial score (nSPS) is 24.6. The van der Waals surface area contributed by atoms with Crippen molar-refractivity contribution in [3.63, 3.8) is 0 Å². The van der Waals surface area contributed by atoms with Gasteiger partial charge < -0.3 is 20.3 Å². The monoisotopic (exact) mass is 226 g/mol. The first kappa shape index (κ1) is 11.0. The second kappa shape index (κ2) is 5.04. The number of nitrogens with one attached hydrogen (secondary N) is 1. The lowest BCUT2D eigenvalue weighted by molar-refractivity contribution is -0.132. The number of hydrogen-bond donors (Lipinski definition) is 2. The molecule has 0 saturated carbocycles. The van der Waals surface area contributed by atoms with E-state index in [4.69, 9.17) is 10.5 Å². The lowest BCUT2D eigenvalue weighted by Gasteiger charge is -2.11. The molecule has 1 amide bonds. The molecule has 1 aliphatic heterocycles. The highest BCUT2D eigenvalue weighted by atomic mass is 16.5. The summed E-state index contributed by atoms with van der Waals surface area (Å²) in [5.41, 5.74) is 5.46. The summed E-state index contributed by atoms with van der Waals surface area (Å²) in [6.45, 7) is 0.705. The predicted octanol–water partition coefficient (Wildman–Crippen LogP) is -0.808. The number of hydrogen-bond acceptors (Lipinski definition) is 6. The molecule has 0 spiro atoms. The topological polar surface area (TPSA) is 103 Å². The van der Waals surface area contributed by atoms with Crippen LogP contribution >= 0.6 is 0 Å². The summed E-state index contributed by atoms with van der Waals surface area (Å²) in [6, 6.07) is 0. The fraction of sp³-hybridized carbons (Fsp3) is 0.667. The Morgan fingerprint density at radius 2 is 2.50 bits per heavy atom. The maximum atomic E-state index is 11.6. The van der Waals surface area contributed by atoms with Crippen molar-refractivity contribution in [2.45, 2.75) is 31.6 Å². The first-order chi connectivity index (χ1) is 7.79. The van der Waals surface area contributed by atoms with Gasteiger partial charge in [-0.25, -0.2) is 0 Å². The maximum Gasteiger partial charge on any atom is 0.249 e. The van der Waals surface area contributed by atoms with Crippen molar-refractivity contribution in [3.05, 3.63) is 12.2 Å². The molecular weight excluding hydrogens is 212 g/mol. The Balaban J connectivity index is 1.76. The Morgan fingerprint density at radius 1 is 1.62 bits per heavy atom. The van der Waals surface area contributed by atoms with Gasteiger partial charge in [-0.2, -0.15) is 4.98 Å². The zero-order valence-electron chi connectivity index (χ0n) is 8.76. The summed E-state index contributed by atoms with van der Waals surface area (Å²) < 4.78 is 9.99. The van der Waals surface area contributed by atoms with Crippen LogP contribution in [0.5, 0.6) is 0 Å². The van der Waals surface area contributed by atoms with Crippen molar-refractivity contribution in [1.82, 2.24) is 15.5 Å². The summed E-state index contributed by atoms with van der Waals surface area (Å²) in [7, 11) is 0. The van der Waals surface area contributed by atoms with E-state index in [1.54, 1.807) is 0 Å². The van der Waals surface area contributed by atoms with Crippen LogP contribution in [0.15, 0.2) is 10.9 Å². The summed E-state index contributed by atoms with van der Waals surface area (Å²) in [6.07, 6.45) is 2.36. The van der Waals surface area contributed by atoms with Gasteiger partial charge in [0.2, 0.25) is 12.3 Å². The summed E-state index contributed by atoms with van der Waals surface area (Å²) in [5.74, 6) is 0.294. The van der Waals surface area contributed by atoms with Crippen LogP contribution in [0.4, 0.5) is 0 Å². The van der Waals surface area contributed by atoms with Crippen LogP contribution in [-0.4, -0.2) is 34.8 Å². The van der Waals surface area contributed by atoms with E-state index in [9.17, 15) is 4.79 Å². The van der Waals surface area contributed by atoms with Crippen LogP contribution in [0.2, 0.25) is 0 Å². The number of rotatable bonds is 4. The van der Waals surface area contributed by atoms with E-state index in [2.05, 4.69) is 20.0 Å². The summed E-state index contributed by atoms with van der Waals surface area (Å²) in [5, 5.41) is 6.27. The number of carbonyl (C=O) groups excluding carboxylic acids is 1. The minimum atomic E-state index is -0.402. The van der Waals surface area contributed by atoms with Gasteiger partial charge in [0, 0.05) is 6.54 Å². The molecule has 88 valence electrons. The van der Waals surface area contributed by atoms with Gasteiger partial charge in [-0.1, -0.05) is 5.16 Å². The van der Waals surface area contributed by atoms with Crippen LogP contribution in [-0.2, 0) is 16.1 Å². The first-order valence-electron chi connectivity index (χ1n) is 5.18. The van der Waals surface area contributed by atoms with Crippen molar-refractivity contribution in [3.8, 4) is 0 Å². The molecule has 7 nitrogen and oxygen atoms in total. The first-order valence-corrected chi connectivity index (χ1v) is 5.18. The minimum absolute atomic E-state index is 0.000857. The van der Waals surface area contributed by atoms with E-state index in [0.29, 0.717) is 18.8 Å². The summed E-state index contributed by atoms with van der Waals surface area (Å²) >= 11 is 0. The average Bonchev–Trinajstić information content (AvgIpc) is 2.96. The van der Waals surface area contributed by atoms with E-state index in [0.717, 1.165) is 6.42 Å². The number of amides is 1. The number of ether oxygens (including phenoxy) is 1. The van der Waals surface area contributed by atoms with Gasteiger partial charge in [0.1, 0.15) is 6.10 Å². The number of nitrogens with zero attached hydrogens (tertiary/aromatic N) is 2. The Labute approximate surface area is 92.3 Å². The molecule has 2 atom stereocenters. The Hall–Kier alpha value is -1.47. The van der Waals surface area contributed by atoms with Gasteiger partial charge in [0.15, 0.2) is 5.82 Å². The Kier molecular flexibility index (Phi) is 3.47. The quantitative estimate of drug-likeness (QED) is 0.696. The molecule has 0 radical (unpaired) electrons. The van der Waals surface area contributed by atoms with E-state index < -0.39 is 6.10 Å². The smallest absolute Gasteiger partial charge is 0.249 e. The third-order valence-electron chi connectivity index (χ3n) is 2.49. The Morgan fingerprint density at radius 3 is 3.12 bits per heavy atom. The molecule has 7 heteroatoms. The van der Waals surface area contributed by atoms with Crippen molar-refractivity contribution in [1.29, 1.82) is 0 Å². The molecule has 0 aliphatic carbocycles. The highest BCUT2D eigenvalue weighted by Crippen LogP contribution is 2.18. The number of nitrogens with two attached hydrogens (primary N) is 1. The molecule has 2 heterocycles. The van der Waals surface area contributed by atoms with Crippen molar-refractivity contribution < 1.29 is 14.1 Å². The highest BCUT2D eigenvalue weighted by Gasteiger charge is 2.29. The van der Waals surface area contributed by atoms with Crippen LogP contribution in [0, 0.1) is 0 Å². The standard InChI is InChI=1S/C9H14N4O3/c10-3-6-1-2-7(16-6)9(14)11-4-8-12-5-15-13-8/h5-7H,1-4,10H2,(H,11,14). The summed E-state index contributed by atoms with van der Waals surface area (Å²) in [4.78, 5) is 15.4. The predicted molar refractivity (Wildman–Crippen MR) is 53.1 cm³/mol. The molecule has 0 aromatic carbocycles. The molecule has 16 heavy (non-hydrogen) atoms. The molecule has 2 rings (SSSR count). The molecule has 0 bridgehead atoms. The number of carbonyl (C=O) groups is 1. The molecule has 1 aromatic heterocycles.